The SMILES string of the molecule is CCOC(=O)Cc1ccccc1OCc1cc2c(c(-c3cc(F)cc(CN)c3)c1)C=CC2. The number of benzene rings is 3. The van der Waals surface area contributed by atoms with Crippen LogP contribution in [0.4, 0.5) is 4.39 Å². The second-order valence-corrected chi connectivity index (χ2v) is 7.75. The smallest absolute Gasteiger partial charge is 0.310 e. The molecule has 1 aliphatic carbocycles. The zero-order valence-corrected chi connectivity index (χ0v) is 18.1. The lowest BCUT2D eigenvalue weighted by Crippen LogP contribution is -2.09. The van der Waals surface area contributed by atoms with Gasteiger partial charge in [0.1, 0.15) is 18.2 Å². The van der Waals surface area contributed by atoms with Crippen LogP contribution >= 0.6 is 0 Å². The second kappa shape index (κ2) is 9.79. The minimum Gasteiger partial charge on any atom is -0.489 e. The van der Waals surface area contributed by atoms with Crippen LogP contribution in [-0.2, 0) is 35.5 Å². The number of esters is 1. The van der Waals surface area contributed by atoms with Crippen LogP contribution < -0.4 is 10.5 Å². The second-order valence-electron chi connectivity index (χ2n) is 7.75. The summed E-state index contributed by atoms with van der Waals surface area (Å²) in [4.78, 5) is 11.9. The maximum atomic E-state index is 14.2. The Hall–Kier alpha value is -3.44. The quantitative estimate of drug-likeness (QED) is 0.498. The molecule has 0 aromatic heterocycles. The average Bonchev–Trinajstić information content (AvgIpc) is 3.26. The number of carbonyl (C=O) groups excluding carboxylic acids is 1. The van der Waals surface area contributed by atoms with E-state index in [-0.39, 0.29) is 24.8 Å². The van der Waals surface area contributed by atoms with Gasteiger partial charge in [-0.15, -0.1) is 0 Å². The molecule has 5 heteroatoms. The van der Waals surface area contributed by atoms with Crippen LogP contribution in [0.2, 0.25) is 0 Å². The molecule has 2 N–H and O–H groups in total. The molecule has 0 saturated heterocycles. The molecule has 1 aliphatic rings. The van der Waals surface area contributed by atoms with Gasteiger partial charge in [-0.3, -0.25) is 4.79 Å². The standard InChI is InChI=1S/C27H26FNO3/c1-2-31-27(30)15-21-6-3-4-9-26(21)32-17-19-11-20-7-5-8-24(20)25(13-19)22-10-18(16-29)12-23(28)14-22/h3-6,8-14H,2,7,15-17,29H2,1H3. The minimum absolute atomic E-state index is 0.161. The molecule has 0 unspecified atom stereocenters. The van der Waals surface area contributed by atoms with E-state index in [0.717, 1.165) is 39.8 Å². The largest absolute Gasteiger partial charge is 0.489 e. The predicted octanol–water partition coefficient (Wildman–Crippen LogP) is 5.21. The lowest BCUT2D eigenvalue weighted by Gasteiger charge is -2.15. The minimum atomic E-state index is -0.298. The van der Waals surface area contributed by atoms with Gasteiger partial charge in [0.25, 0.3) is 0 Å². The van der Waals surface area contributed by atoms with Gasteiger partial charge in [0.15, 0.2) is 0 Å². The van der Waals surface area contributed by atoms with Gasteiger partial charge in [-0.1, -0.05) is 36.4 Å². The van der Waals surface area contributed by atoms with Crippen molar-refractivity contribution >= 4 is 12.0 Å². The molecule has 4 nitrogen and oxygen atoms in total. The summed E-state index contributed by atoms with van der Waals surface area (Å²) in [5, 5.41) is 0. The maximum Gasteiger partial charge on any atom is 0.310 e. The lowest BCUT2D eigenvalue weighted by molar-refractivity contribution is -0.142. The number of ether oxygens (including phenoxy) is 2. The summed E-state index contributed by atoms with van der Waals surface area (Å²) in [6, 6.07) is 16.6. The van der Waals surface area contributed by atoms with Gasteiger partial charge in [0.2, 0.25) is 0 Å². The molecule has 0 amide bonds. The Morgan fingerprint density at radius 1 is 1.09 bits per heavy atom. The number of fused-ring (bicyclic) bond motifs is 1. The van der Waals surface area contributed by atoms with Crippen LogP contribution in [0.3, 0.4) is 0 Å². The Morgan fingerprint density at radius 3 is 2.75 bits per heavy atom. The summed E-state index contributed by atoms with van der Waals surface area (Å²) >= 11 is 0. The molecule has 0 spiro atoms. The third-order valence-corrected chi connectivity index (χ3v) is 5.46. The molecule has 0 saturated carbocycles. The Labute approximate surface area is 187 Å². The highest BCUT2D eigenvalue weighted by molar-refractivity contribution is 5.80. The van der Waals surface area contributed by atoms with Gasteiger partial charge in [0.05, 0.1) is 13.0 Å². The third-order valence-electron chi connectivity index (χ3n) is 5.46. The molecule has 164 valence electrons. The van der Waals surface area contributed by atoms with Gasteiger partial charge < -0.3 is 15.2 Å². The van der Waals surface area contributed by atoms with Crippen LogP contribution in [0.25, 0.3) is 17.2 Å². The number of halogens is 1. The topological polar surface area (TPSA) is 61.5 Å². The lowest BCUT2D eigenvalue weighted by atomic mass is 9.93. The first-order chi connectivity index (χ1) is 15.6. The highest BCUT2D eigenvalue weighted by Gasteiger charge is 2.16. The molecule has 0 heterocycles. The molecular weight excluding hydrogens is 405 g/mol. The van der Waals surface area contributed by atoms with Crippen LogP contribution in [0, 0.1) is 5.82 Å². The predicted molar refractivity (Wildman–Crippen MR) is 124 cm³/mol. The van der Waals surface area contributed by atoms with E-state index < -0.39 is 0 Å². The van der Waals surface area contributed by atoms with Crippen molar-refractivity contribution in [3.8, 4) is 16.9 Å². The molecular formula is C27H26FNO3. The highest BCUT2D eigenvalue weighted by atomic mass is 19.1. The van der Waals surface area contributed by atoms with Crippen LogP contribution in [0.5, 0.6) is 5.75 Å². The first-order valence-corrected chi connectivity index (χ1v) is 10.8. The number of allylic oxidation sites excluding steroid dienone is 1. The Bertz CT molecular complexity index is 1170. The van der Waals surface area contributed by atoms with Gasteiger partial charge >= 0.3 is 5.97 Å². The van der Waals surface area contributed by atoms with Crippen molar-refractivity contribution in [2.45, 2.75) is 32.9 Å². The van der Waals surface area contributed by atoms with E-state index in [4.69, 9.17) is 15.2 Å². The highest BCUT2D eigenvalue weighted by Crippen LogP contribution is 2.34. The van der Waals surface area contributed by atoms with Crippen LogP contribution in [0.15, 0.2) is 60.7 Å². The molecule has 0 aliphatic heterocycles. The van der Waals surface area contributed by atoms with Gasteiger partial charge in [-0.25, -0.2) is 4.39 Å². The summed E-state index contributed by atoms with van der Waals surface area (Å²) in [5.74, 6) is 0.0707. The molecule has 0 bridgehead atoms. The summed E-state index contributed by atoms with van der Waals surface area (Å²) < 4.78 is 25.4. The maximum absolute atomic E-state index is 14.2. The fourth-order valence-corrected chi connectivity index (χ4v) is 4.01. The zero-order valence-electron chi connectivity index (χ0n) is 18.1. The van der Waals surface area contributed by atoms with Gasteiger partial charge in [-0.05, 0) is 77.1 Å². The van der Waals surface area contributed by atoms with Crippen molar-refractivity contribution in [2.24, 2.45) is 5.73 Å². The van der Waals surface area contributed by atoms with E-state index in [1.54, 1.807) is 13.0 Å². The molecule has 4 rings (SSSR count). The van der Waals surface area contributed by atoms with Crippen LogP contribution in [-0.4, -0.2) is 12.6 Å². The number of nitrogens with two attached hydrogens (primary N) is 1. The Morgan fingerprint density at radius 2 is 1.94 bits per heavy atom. The molecule has 32 heavy (non-hydrogen) atoms. The van der Waals surface area contributed by atoms with Crippen molar-refractivity contribution in [1.29, 1.82) is 0 Å². The number of para-hydroxylation sites is 1. The number of hydrogen-bond acceptors (Lipinski definition) is 4. The Kier molecular flexibility index (Phi) is 6.66. The fourth-order valence-electron chi connectivity index (χ4n) is 4.01. The molecule has 0 radical (unpaired) electrons. The van der Waals surface area contributed by atoms with E-state index in [9.17, 15) is 9.18 Å². The summed E-state index contributed by atoms with van der Waals surface area (Å²) in [7, 11) is 0. The van der Waals surface area contributed by atoms with Crippen molar-refractivity contribution < 1.29 is 18.7 Å². The summed E-state index contributed by atoms with van der Waals surface area (Å²) in [6.07, 6.45) is 5.18. The van der Waals surface area contributed by atoms with E-state index in [1.807, 2.05) is 36.4 Å². The Balaban J connectivity index is 1.61. The number of carbonyl (C=O) groups is 1. The normalized spacial score (nSPS) is 12.0. The molecule has 3 aromatic carbocycles. The summed E-state index contributed by atoms with van der Waals surface area (Å²) in [5.41, 5.74) is 12.3. The van der Waals surface area contributed by atoms with E-state index in [2.05, 4.69) is 18.2 Å². The number of hydrogen-bond donors (Lipinski definition) is 1. The number of rotatable bonds is 8. The average molecular weight is 432 g/mol. The molecule has 0 atom stereocenters. The molecule has 0 fully saturated rings. The van der Waals surface area contributed by atoms with E-state index in [1.165, 1.54) is 11.6 Å². The van der Waals surface area contributed by atoms with Crippen molar-refractivity contribution in [2.75, 3.05) is 6.61 Å². The molecule has 3 aromatic rings. The zero-order chi connectivity index (χ0) is 22.5. The van der Waals surface area contributed by atoms with Gasteiger partial charge in [0, 0.05) is 12.1 Å². The van der Waals surface area contributed by atoms with Crippen molar-refractivity contribution in [3.05, 3.63) is 94.3 Å². The van der Waals surface area contributed by atoms with Gasteiger partial charge in [-0.2, -0.15) is 0 Å². The van der Waals surface area contributed by atoms with E-state index >= 15 is 0 Å². The van der Waals surface area contributed by atoms with Crippen molar-refractivity contribution in [1.82, 2.24) is 0 Å². The van der Waals surface area contributed by atoms with Crippen LogP contribution in [0.1, 0.15) is 34.7 Å². The van der Waals surface area contributed by atoms with Crippen molar-refractivity contribution in [3.63, 3.8) is 0 Å². The third kappa shape index (κ3) is 4.89. The first-order valence-electron chi connectivity index (χ1n) is 10.8. The fraction of sp³-hybridized carbons (Fsp3) is 0.222. The first kappa shape index (κ1) is 21.8. The monoisotopic (exact) mass is 431 g/mol. The summed E-state index contributed by atoms with van der Waals surface area (Å²) in [6.45, 7) is 2.75. The van der Waals surface area contributed by atoms with E-state index in [0.29, 0.717) is 19.0 Å².